The van der Waals surface area contributed by atoms with Crippen LogP contribution in [0.15, 0.2) is 28.8 Å². The molecule has 1 fully saturated rings. The zero-order chi connectivity index (χ0) is 15.1. The summed E-state index contributed by atoms with van der Waals surface area (Å²) in [6.07, 6.45) is -4.58. The SMILES string of the molecule is FC(F)(F)C1(c2nc(-c3ccccc3Cl)no2)CCNC1. The van der Waals surface area contributed by atoms with E-state index in [-0.39, 0.29) is 25.3 Å². The summed E-state index contributed by atoms with van der Waals surface area (Å²) in [5.41, 5.74) is -1.68. The molecule has 21 heavy (non-hydrogen) atoms. The fourth-order valence-electron chi connectivity index (χ4n) is 2.41. The second-order valence-electron chi connectivity index (χ2n) is 4.91. The van der Waals surface area contributed by atoms with Gasteiger partial charge >= 0.3 is 6.18 Å². The average molecular weight is 318 g/mol. The molecule has 0 saturated carbocycles. The lowest BCUT2D eigenvalue weighted by Gasteiger charge is -2.26. The molecule has 1 saturated heterocycles. The summed E-state index contributed by atoms with van der Waals surface area (Å²) in [6.45, 7) is -0.00995. The van der Waals surface area contributed by atoms with Crippen LogP contribution in [0, 0.1) is 0 Å². The summed E-state index contributed by atoms with van der Waals surface area (Å²) in [5, 5.41) is 6.71. The summed E-state index contributed by atoms with van der Waals surface area (Å²) in [7, 11) is 0. The third-order valence-corrected chi connectivity index (χ3v) is 3.98. The van der Waals surface area contributed by atoms with E-state index in [0.29, 0.717) is 10.6 Å². The van der Waals surface area contributed by atoms with E-state index in [0.717, 1.165) is 0 Å². The first kappa shape index (κ1) is 14.3. The maximum Gasteiger partial charge on any atom is 0.404 e. The van der Waals surface area contributed by atoms with Crippen LogP contribution in [0.3, 0.4) is 0 Å². The smallest absolute Gasteiger partial charge is 0.338 e. The predicted molar refractivity (Wildman–Crippen MR) is 70.0 cm³/mol. The third-order valence-electron chi connectivity index (χ3n) is 3.65. The molecule has 2 aromatic rings. The van der Waals surface area contributed by atoms with Crippen molar-refractivity contribution in [1.29, 1.82) is 0 Å². The molecule has 1 aromatic carbocycles. The zero-order valence-electron chi connectivity index (χ0n) is 10.7. The Morgan fingerprint density at radius 1 is 1.29 bits per heavy atom. The van der Waals surface area contributed by atoms with E-state index >= 15 is 0 Å². The number of alkyl halides is 3. The van der Waals surface area contributed by atoms with Crippen LogP contribution in [0.4, 0.5) is 13.2 Å². The third kappa shape index (κ3) is 2.30. The van der Waals surface area contributed by atoms with E-state index in [4.69, 9.17) is 16.1 Å². The molecule has 0 bridgehead atoms. The molecule has 1 aromatic heterocycles. The normalized spacial score (nSPS) is 22.7. The molecule has 1 aliphatic rings. The maximum absolute atomic E-state index is 13.4. The monoisotopic (exact) mass is 317 g/mol. The van der Waals surface area contributed by atoms with E-state index in [1.807, 2.05) is 0 Å². The lowest BCUT2D eigenvalue weighted by atomic mass is 9.86. The molecule has 0 amide bonds. The summed E-state index contributed by atoms with van der Waals surface area (Å²) < 4.78 is 45.1. The van der Waals surface area contributed by atoms with Crippen molar-refractivity contribution in [2.75, 3.05) is 13.1 Å². The number of nitrogens with one attached hydrogen (secondary N) is 1. The Morgan fingerprint density at radius 2 is 2.05 bits per heavy atom. The van der Waals surface area contributed by atoms with Crippen molar-refractivity contribution in [3.63, 3.8) is 0 Å². The summed E-state index contributed by atoms with van der Waals surface area (Å²) in [6, 6.07) is 6.66. The van der Waals surface area contributed by atoms with Gasteiger partial charge in [0.1, 0.15) is 0 Å². The lowest BCUT2D eigenvalue weighted by Crippen LogP contribution is -2.44. The van der Waals surface area contributed by atoms with Crippen molar-refractivity contribution < 1.29 is 17.7 Å². The Labute approximate surface area is 123 Å². The Hall–Kier alpha value is -1.60. The molecule has 4 nitrogen and oxygen atoms in total. The van der Waals surface area contributed by atoms with Crippen LogP contribution >= 0.6 is 11.6 Å². The Morgan fingerprint density at radius 3 is 2.67 bits per heavy atom. The molecule has 2 heterocycles. The summed E-state index contributed by atoms with van der Waals surface area (Å²) in [5.74, 6) is -0.360. The van der Waals surface area contributed by atoms with Gasteiger partial charge < -0.3 is 9.84 Å². The van der Waals surface area contributed by atoms with Gasteiger partial charge in [-0.2, -0.15) is 18.2 Å². The molecule has 0 radical (unpaired) electrons. The minimum Gasteiger partial charge on any atom is -0.338 e. The van der Waals surface area contributed by atoms with Crippen molar-refractivity contribution >= 4 is 11.6 Å². The number of rotatable bonds is 2. The second kappa shape index (κ2) is 4.99. The van der Waals surface area contributed by atoms with Crippen LogP contribution in [-0.2, 0) is 5.41 Å². The largest absolute Gasteiger partial charge is 0.404 e. The minimum absolute atomic E-state index is 0.0612. The summed E-state index contributed by atoms with van der Waals surface area (Å²) in [4.78, 5) is 3.94. The van der Waals surface area contributed by atoms with E-state index in [9.17, 15) is 13.2 Å². The summed E-state index contributed by atoms with van der Waals surface area (Å²) >= 11 is 6.00. The van der Waals surface area contributed by atoms with Gasteiger partial charge in [-0.25, -0.2) is 0 Å². The van der Waals surface area contributed by atoms with Crippen molar-refractivity contribution in [3.05, 3.63) is 35.2 Å². The minimum atomic E-state index is -4.46. The molecule has 112 valence electrons. The van der Waals surface area contributed by atoms with E-state index < -0.39 is 17.5 Å². The fourth-order valence-corrected chi connectivity index (χ4v) is 2.63. The Bertz CT molecular complexity index is 650. The number of aromatic nitrogens is 2. The highest BCUT2D eigenvalue weighted by molar-refractivity contribution is 6.33. The molecule has 1 N–H and O–H groups in total. The number of hydrogen-bond acceptors (Lipinski definition) is 4. The average Bonchev–Trinajstić information content (AvgIpc) is 3.08. The topological polar surface area (TPSA) is 51.0 Å². The van der Waals surface area contributed by atoms with Gasteiger partial charge in [-0.05, 0) is 25.1 Å². The molecule has 3 rings (SSSR count). The maximum atomic E-state index is 13.4. The first-order chi connectivity index (χ1) is 9.94. The molecule has 1 unspecified atom stereocenters. The molecule has 0 spiro atoms. The fraction of sp³-hybridized carbons (Fsp3) is 0.385. The molecule has 0 aliphatic carbocycles. The van der Waals surface area contributed by atoms with Crippen molar-refractivity contribution in [1.82, 2.24) is 15.5 Å². The predicted octanol–water partition coefficient (Wildman–Crippen LogP) is 3.18. The van der Waals surface area contributed by atoms with E-state index in [1.165, 1.54) is 0 Å². The zero-order valence-corrected chi connectivity index (χ0v) is 11.5. The molecule has 8 heteroatoms. The van der Waals surface area contributed by atoms with Crippen molar-refractivity contribution in [2.24, 2.45) is 0 Å². The number of benzene rings is 1. The van der Waals surface area contributed by atoms with Gasteiger partial charge in [0, 0.05) is 12.1 Å². The number of nitrogens with zero attached hydrogens (tertiary/aromatic N) is 2. The van der Waals surface area contributed by atoms with Gasteiger partial charge in [-0.15, -0.1) is 0 Å². The lowest BCUT2D eigenvalue weighted by molar-refractivity contribution is -0.191. The highest BCUT2D eigenvalue weighted by Gasteiger charge is 2.61. The first-order valence-electron chi connectivity index (χ1n) is 6.31. The van der Waals surface area contributed by atoms with Crippen LogP contribution in [0.1, 0.15) is 12.3 Å². The Balaban J connectivity index is 2.04. The highest BCUT2D eigenvalue weighted by Crippen LogP contribution is 2.45. The first-order valence-corrected chi connectivity index (χ1v) is 6.68. The van der Waals surface area contributed by atoms with Gasteiger partial charge in [-0.1, -0.05) is 28.9 Å². The van der Waals surface area contributed by atoms with Crippen molar-refractivity contribution in [3.8, 4) is 11.4 Å². The standard InChI is InChI=1S/C13H11ClF3N3O/c14-9-4-2-1-3-8(9)10-19-11(21-20-10)12(13(15,16)17)5-6-18-7-12/h1-4,18H,5-7H2. The highest BCUT2D eigenvalue weighted by atomic mass is 35.5. The van der Waals surface area contributed by atoms with Crippen LogP contribution in [0.2, 0.25) is 5.02 Å². The van der Waals surface area contributed by atoms with E-state index in [1.54, 1.807) is 24.3 Å². The van der Waals surface area contributed by atoms with Crippen molar-refractivity contribution in [2.45, 2.75) is 18.0 Å². The van der Waals surface area contributed by atoms with Gasteiger partial charge in [-0.3, -0.25) is 0 Å². The molecule has 1 atom stereocenters. The van der Waals surface area contributed by atoms with Crippen LogP contribution in [0.5, 0.6) is 0 Å². The molecule has 1 aliphatic heterocycles. The molecular weight excluding hydrogens is 307 g/mol. The van der Waals surface area contributed by atoms with Gasteiger partial charge in [0.15, 0.2) is 5.41 Å². The van der Waals surface area contributed by atoms with Gasteiger partial charge in [0.05, 0.1) is 5.02 Å². The van der Waals surface area contributed by atoms with Gasteiger partial charge in [0.25, 0.3) is 0 Å². The second-order valence-corrected chi connectivity index (χ2v) is 5.32. The van der Waals surface area contributed by atoms with Crippen LogP contribution in [-0.4, -0.2) is 29.4 Å². The van der Waals surface area contributed by atoms with Crippen LogP contribution < -0.4 is 5.32 Å². The van der Waals surface area contributed by atoms with Gasteiger partial charge in [0.2, 0.25) is 11.7 Å². The quantitative estimate of drug-likeness (QED) is 0.924. The van der Waals surface area contributed by atoms with E-state index in [2.05, 4.69) is 15.5 Å². The Kier molecular flexibility index (Phi) is 3.41. The number of halogens is 4. The number of hydrogen-bond donors (Lipinski definition) is 1. The molecular formula is C13H11ClF3N3O. The van der Waals surface area contributed by atoms with Crippen LogP contribution in [0.25, 0.3) is 11.4 Å².